The highest BCUT2D eigenvalue weighted by Gasteiger charge is 2.22. The lowest BCUT2D eigenvalue weighted by Gasteiger charge is -2.34. The van der Waals surface area contributed by atoms with Gasteiger partial charge in [0.1, 0.15) is 11.0 Å². The molecule has 8 heteroatoms. The number of carbonyl (C=O) groups is 1. The normalized spacial score (nSPS) is 13.8. The lowest BCUT2D eigenvalue weighted by molar-refractivity contribution is 0.0628. The molecule has 3 aromatic rings. The van der Waals surface area contributed by atoms with Crippen LogP contribution in [-0.4, -0.2) is 64.9 Å². The van der Waals surface area contributed by atoms with E-state index < -0.39 is 0 Å². The van der Waals surface area contributed by atoms with Crippen LogP contribution >= 0.6 is 23.4 Å². The van der Waals surface area contributed by atoms with E-state index in [0.717, 1.165) is 49.7 Å². The second-order valence-corrected chi connectivity index (χ2v) is 10.2. The number of piperazine rings is 1. The first-order chi connectivity index (χ1) is 18.1. The lowest BCUT2D eigenvalue weighted by atomic mass is 10.1. The molecule has 4 rings (SSSR count). The number of rotatable bonds is 11. The van der Waals surface area contributed by atoms with Gasteiger partial charge in [0.15, 0.2) is 5.16 Å². The molecule has 6 nitrogen and oxygen atoms in total. The summed E-state index contributed by atoms with van der Waals surface area (Å²) < 4.78 is 0. The third kappa shape index (κ3) is 7.68. The first kappa shape index (κ1) is 26.9. The highest BCUT2D eigenvalue weighted by atomic mass is 35.5. The molecule has 0 bridgehead atoms. The molecule has 0 N–H and O–H groups in total. The lowest BCUT2D eigenvalue weighted by Crippen LogP contribution is -2.48. The predicted octanol–water partition coefficient (Wildman–Crippen LogP) is 5.56. The van der Waals surface area contributed by atoms with Gasteiger partial charge in [0.25, 0.3) is 5.91 Å². The molecule has 0 aliphatic carbocycles. The van der Waals surface area contributed by atoms with Crippen LogP contribution in [-0.2, 0) is 12.3 Å². The Kier molecular flexibility index (Phi) is 9.77. The first-order valence-electron chi connectivity index (χ1n) is 12.3. The number of hydrogen-bond acceptors (Lipinski definition) is 6. The average molecular weight is 534 g/mol. The minimum Gasteiger partial charge on any atom is -0.349 e. The van der Waals surface area contributed by atoms with Gasteiger partial charge in [-0.15, -0.1) is 13.2 Å². The van der Waals surface area contributed by atoms with Crippen molar-refractivity contribution in [3.05, 3.63) is 108 Å². The van der Waals surface area contributed by atoms with Crippen molar-refractivity contribution in [2.24, 2.45) is 0 Å². The van der Waals surface area contributed by atoms with E-state index >= 15 is 0 Å². The van der Waals surface area contributed by atoms with Crippen molar-refractivity contribution >= 4 is 35.1 Å². The Morgan fingerprint density at radius 1 is 0.946 bits per heavy atom. The number of anilines is 1. The van der Waals surface area contributed by atoms with Gasteiger partial charge in [-0.2, -0.15) is 0 Å². The molecule has 1 aliphatic rings. The standard InChI is InChI=1S/C29H32ClN5OS/c1-3-14-34(15-4-2)27-20-26(30)31-29(32-27)37-22-24-10-12-25(13-11-24)28(36)35-18-16-33(17-19-35)21-23-8-6-5-7-9-23/h3-13,20H,1-2,14-19,21-22H2. The van der Waals surface area contributed by atoms with Gasteiger partial charge in [0.05, 0.1) is 0 Å². The Labute approximate surface area is 228 Å². The number of carbonyl (C=O) groups excluding carboxylic acids is 1. The van der Waals surface area contributed by atoms with Gasteiger partial charge in [-0.25, -0.2) is 9.97 Å². The van der Waals surface area contributed by atoms with E-state index in [1.54, 1.807) is 6.07 Å². The maximum absolute atomic E-state index is 13.0. The number of thioether (sulfide) groups is 1. The fraction of sp³-hybridized carbons (Fsp3) is 0.276. The summed E-state index contributed by atoms with van der Waals surface area (Å²) in [4.78, 5) is 28.4. The molecule has 37 heavy (non-hydrogen) atoms. The maximum atomic E-state index is 13.0. The Bertz CT molecular complexity index is 1190. The van der Waals surface area contributed by atoms with Gasteiger partial charge in [0.2, 0.25) is 0 Å². The van der Waals surface area contributed by atoms with Gasteiger partial charge in [-0.1, -0.05) is 78.0 Å². The largest absolute Gasteiger partial charge is 0.349 e. The minimum absolute atomic E-state index is 0.0888. The molecule has 0 unspecified atom stereocenters. The topological polar surface area (TPSA) is 52.6 Å². The minimum atomic E-state index is 0.0888. The molecule has 192 valence electrons. The summed E-state index contributed by atoms with van der Waals surface area (Å²) in [7, 11) is 0. The molecule has 1 amide bonds. The number of hydrogen-bond donors (Lipinski definition) is 0. The maximum Gasteiger partial charge on any atom is 0.253 e. The summed E-state index contributed by atoms with van der Waals surface area (Å²) >= 11 is 7.78. The number of nitrogens with zero attached hydrogens (tertiary/aromatic N) is 5. The predicted molar refractivity (Wildman–Crippen MR) is 153 cm³/mol. The Morgan fingerprint density at radius 2 is 1.62 bits per heavy atom. The van der Waals surface area contributed by atoms with Crippen molar-refractivity contribution in [2.45, 2.75) is 17.5 Å². The summed E-state index contributed by atoms with van der Waals surface area (Å²) in [5.41, 5.74) is 3.12. The van der Waals surface area contributed by atoms with Gasteiger partial charge in [0, 0.05) is 63.2 Å². The number of amides is 1. The van der Waals surface area contributed by atoms with E-state index in [9.17, 15) is 4.79 Å². The SMILES string of the molecule is C=CCN(CC=C)c1cc(Cl)nc(SCc2ccc(C(=O)N3CCN(Cc4ccccc4)CC3)cc2)n1. The third-order valence-corrected chi connectivity index (χ3v) is 7.27. The molecule has 2 heterocycles. The number of aromatic nitrogens is 2. The molecular formula is C29H32ClN5OS. The van der Waals surface area contributed by atoms with Gasteiger partial charge < -0.3 is 9.80 Å². The quantitative estimate of drug-likeness (QED) is 0.139. The van der Waals surface area contributed by atoms with E-state index in [1.807, 2.05) is 52.3 Å². The van der Waals surface area contributed by atoms with Crippen molar-refractivity contribution < 1.29 is 4.79 Å². The molecule has 0 spiro atoms. The molecule has 1 aromatic heterocycles. The zero-order valence-electron chi connectivity index (χ0n) is 20.9. The van der Waals surface area contributed by atoms with Crippen LogP contribution in [0.2, 0.25) is 5.15 Å². The number of benzene rings is 2. The summed E-state index contributed by atoms with van der Waals surface area (Å²) in [6.45, 7) is 13.1. The van der Waals surface area contributed by atoms with Crippen LogP contribution in [0.4, 0.5) is 5.82 Å². The van der Waals surface area contributed by atoms with Gasteiger partial charge >= 0.3 is 0 Å². The Morgan fingerprint density at radius 3 is 2.27 bits per heavy atom. The Hall–Kier alpha value is -3.13. The summed E-state index contributed by atoms with van der Waals surface area (Å²) in [6.07, 6.45) is 3.64. The molecule has 1 aliphatic heterocycles. The number of halogens is 1. The van der Waals surface area contributed by atoms with Crippen LogP contribution < -0.4 is 4.90 Å². The smallest absolute Gasteiger partial charge is 0.253 e. The van der Waals surface area contributed by atoms with Crippen molar-refractivity contribution in [3.8, 4) is 0 Å². The van der Waals surface area contributed by atoms with E-state index in [2.05, 4.69) is 52.3 Å². The molecule has 0 atom stereocenters. The van der Waals surface area contributed by atoms with Gasteiger partial charge in [-0.3, -0.25) is 9.69 Å². The summed E-state index contributed by atoms with van der Waals surface area (Å²) in [6, 6.07) is 20.0. The van der Waals surface area contributed by atoms with Gasteiger partial charge in [-0.05, 0) is 23.3 Å². The van der Waals surface area contributed by atoms with Crippen molar-refractivity contribution in [1.29, 1.82) is 0 Å². The second kappa shape index (κ2) is 13.4. The van der Waals surface area contributed by atoms with Crippen molar-refractivity contribution in [2.75, 3.05) is 44.2 Å². The molecular weight excluding hydrogens is 502 g/mol. The third-order valence-electron chi connectivity index (χ3n) is 6.16. The monoisotopic (exact) mass is 533 g/mol. The van der Waals surface area contributed by atoms with E-state index in [-0.39, 0.29) is 5.91 Å². The molecule has 1 fully saturated rings. The fourth-order valence-electron chi connectivity index (χ4n) is 4.21. The molecule has 0 saturated carbocycles. The van der Waals surface area contributed by atoms with Crippen LogP contribution in [0.1, 0.15) is 21.5 Å². The van der Waals surface area contributed by atoms with Crippen molar-refractivity contribution in [3.63, 3.8) is 0 Å². The van der Waals surface area contributed by atoms with E-state index in [4.69, 9.17) is 11.6 Å². The molecule has 0 radical (unpaired) electrons. The van der Waals surface area contributed by atoms with Crippen LogP contribution in [0.15, 0.2) is 91.1 Å². The summed E-state index contributed by atoms with van der Waals surface area (Å²) in [5, 5.41) is 1.00. The first-order valence-corrected chi connectivity index (χ1v) is 13.7. The zero-order valence-corrected chi connectivity index (χ0v) is 22.5. The average Bonchev–Trinajstić information content (AvgIpc) is 2.92. The van der Waals surface area contributed by atoms with Crippen LogP contribution in [0, 0.1) is 0 Å². The van der Waals surface area contributed by atoms with Crippen LogP contribution in [0.3, 0.4) is 0 Å². The highest BCUT2D eigenvalue weighted by Crippen LogP contribution is 2.25. The summed E-state index contributed by atoms with van der Waals surface area (Å²) in [5.74, 6) is 1.51. The van der Waals surface area contributed by atoms with E-state index in [1.165, 1.54) is 17.3 Å². The molecule has 1 saturated heterocycles. The van der Waals surface area contributed by atoms with Crippen molar-refractivity contribution in [1.82, 2.24) is 19.8 Å². The van der Waals surface area contributed by atoms with Crippen LogP contribution in [0.5, 0.6) is 0 Å². The van der Waals surface area contributed by atoms with Crippen LogP contribution in [0.25, 0.3) is 0 Å². The molecule has 2 aromatic carbocycles. The van der Waals surface area contributed by atoms with E-state index in [0.29, 0.717) is 29.2 Å². The Balaban J connectivity index is 1.30. The highest BCUT2D eigenvalue weighted by molar-refractivity contribution is 7.98. The zero-order chi connectivity index (χ0) is 26.0. The second-order valence-electron chi connectivity index (χ2n) is 8.85. The fourth-order valence-corrected chi connectivity index (χ4v) is 5.25.